The molecule has 194 valence electrons. The fourth-order valence-corrected chi connectivity index (χ4v) is 12.5. The van der Waals surface area contributed by atoms with E-state index in [9.17, 15) is 0 Å². The number of unbranched alkanes of at least 4 members (excludes halogenated alkanes) is 6. The zero-order valence-electron chi connectivity index (χ0n) is 22.8. The molecule has 0 radical (unpaired) electrons. The first-order valence-corrected chi connectivity index (χ1v) is 18.6. The van der Waals surface area contributed by atoms with Gasteiger partial charge in [-0.3, -0.25) is 0 Å². The number of hydrogen-bond acceptors (Lipinski definition) is 4. The average Bonchev–Trinajstić information content (AvgIpc) is 2.80. The molecule has 0 aliphatic rings. The van der Waals surface area contributed by atoms with Gasteiger partial charge in [0.15, 0.2) is 0 Å². The molecule has 0 aromatic rings. The van der Waals surface area contributed by atoms with E-state index in [-0.39, 0.29) is 0 Å². The Labute approximate surface area is 204 Å². The summed E-state index contributed by atoms with van der Waals surface area (Å²) in [6, 6.07) is 4.29. The van der Waals surface area contributed by atoms with Crippen LogP contribution in [0.2, 0.25) is 24.2 Å². The van der Waals surface area contributed by atoms with Crippen LogP contribution in [0.5, 0.6) is 0 Å². The van der Waals surface area contributed by atoms with Gasteiger partial charge in [0, 0.05) is 26.4 Å². The molecule has 0 N–H and O–H groups in total. The van der Waals surface area contributed by atoms with Crippen molar-refractivity contribution in [3.05, 3.63) is 0 Å². The Balaban J connectivity index is 5.58. The molecule has 0 aliphatic carbocycles. The molecule has 0 fully saturated rings. The normalized spacial score (nSPS) is 12.6. The van der Waals surface area contributed by atoms with Crippen molar-refractivity contribution in [1.82, 2.24) is 0 Å². The molecule has 4 nitrogen and oxygen atoms in total. The monoisotopic (exact) mass is 490 g/mol. The van der Waals surface area contributed by atoms with Crippen LogP contribution >= 0.6 is 0 Å². The highest BCUT2D eigenvalue weighted by Crippen LogP contribution is 2.32. The van der Waals surface area contributed by atoms with Crippen LogP contribution in [0.1, 0.15) is 119 Å². The molecule has 0 spiro atoms. The number of hydrogen-bond donors (Lipinski definition) is 0. The standard InChI is InChI=1S/C26H58O4Si2/c1-7-13-19-27-31(23-17-11-5,28-20-14-8-2)25-26-32(24-18-12-6,29-21-15-9-3)30-22-16-10-4/h7-26H2,1-6H3. The fraction of sp³-hybridized carbons (Fsp3) is 1.00. The minimum Gasteiger partial charge on any atom is -0.394 e. The SMILES string of the molecule is CCCCO[Si](CCCC)(CC[Si](CCCC)(OCCCC)OCCCC)OCCCC. The minimum atomic E-state index is -2.26. The molecule has 0 amide bonds. The molecular weight excluding hydrogens is 432 g/mol. The second kappa shape index (κ2) is 21.8. The Kier molecular flexibility index (Phi) is 22.0. The molecule has 32 heavy (non-hydrogen) atoms. The van der Waals surface area contributed by atoms with Crippen molar-refractivity contribution < 1.29 is 17.7 Å². The van der Waals surface area contributed by atoms with Gasteiger partial charge in [-0.25, -0.2) is 0 Å². The van der Waals surface area contributed by atoms with Crippen LogP contribution in [0.3, 0.4) is 0 Å². The maximum atomic E-state index is 6.70. The Hall–Kier alpha value is 0.274. The van der Waals surface area contributed by atoms with E-state index >= 15 is 0 Å². The van der Waals surface area contributed by atoms with Gasteiger partial charge in [-0.15, -0.1) is 0 Å². The zero-order chi connectivity index (χ0) is 24.0. The van der Waals surface area contributed by atoms with E-state index in [2.05, 4.69) is 41.5 Å². The minimum absolute atomic E-state index is 0.843. The van der Waals surface area contributed by atoms with Gasteiger partial charge in [0.2, 0.25) is 0 Å². The summed E-state index contributed by atoms with van der Waals surface area (Å²) in [4.78, 5) is 0. The summed E-state index contributed by atoms with van der Waals surface area (Å²) in [5.41, 5.74) is 0. The van der Waals surface area contributed by atoms with Crippen LogP contribution in [0.15, 0.2) is 0 Å². The van der Waals surface area contributed by atoms with Gasteiger partial charge >= 0.3 is 17.1 Å². The van der Waals surface area contributed by atoms with Gasteiger partial charge in [-0.1, -0.05) is 92.9 Å². The Morgan fingerprint density at radius 2 is 0.594 bits per heavy atom. The van der Waals surface area contributed by atoms with Crippen molar-refractivity contribution in [1.29, 1.82) is 0 Å². The molecule has 0 saturated heterocycles. The van der Waals surface area contributed by atoms with Gasteiger partial charge in [0.1, 0.15) is 0 Å². The summed E-state index contributed by atoms with van der Waals surface area (Å²) in [6.45, 7) is 16.9. The molecule has 0 rings (SSSR count). The third-order valence-corrected chi connectivity index (χ3v) is 13.8. The first-order chi connectivity index (χ1) is 15.6. The van der Waals surface area contributed by atoms with E-state index in [0.717, 1.165) is 76.3 Å². The van der Waals surface area contributed by atoms with Crippen molar-refractivity contribution in [3.8, 4) is 0 Å². The molecule has 0 aromatic heterocycles. The van der Waals surface area contributed by atoms with Crippen molar-refractivity contribution in [2.75, 3.05) is 26.4 Å². The lowest BCUT2D eigenvalue weighted by molar-refractivity contribution is 0.151. The maximum absolute atomic E-state index is 6.70. The summed E-state index contributed by atoms with van der Waals surface area (Å²) in [5.74, 6) is 0. The summed E-state index contributed by atoms with van der Waals surface area (Å²) in [6.07, 6.45) is 13.9. The molecule has 0 aromatic carbocycles. The summed E-state index contributed by atoms with van der Waals surface area (Å²) >= 11 is 0. The second-order valence-corrected chi connectivity index (χ2v) is 16.1. The zero-order valence-corrected chi connectivity index (χ0v) is 24.8. The maximum Gasteiger partial charge on any atom is 0.338 e. The highest BCUT2D eigenvalue weighted by Gasteiger charge is 2.44. The highest BCUT2D eigenvalue weighted by molar-refractivity contribution is 6.73. The predicted octanol–water partition coefficient (Wildman–Crippen LogP) is 8.74. The second-order valence-electron chi connectivity index (χ2n) is 9.34. The third kappa shape index (κ3) is 15.2. The summed E-state index contributed by atoms with van der Waals surface area (Å²) < 4.78 is 26.8. The molecule has 6 heteroatoms. The van der Waals surface area contributed by atoms with Crippen LogP contribution in [0.25, 0.3) is 0 Å². The van der Waals surface area contributed by atoms with Crippen molar-refractivity contribution >= 4 is 17.1 Å². The first kappa shape index (κ1) is 32.3. The lowest BCUT2D eigenvalue weighted by Gasteiger charge is -2.36. The van der Waals surface area contributed by atoms with E-state index in [4.69, 9.17) is 17.7 Å². The van der Waals surface area contributed by atoms with E-state index in [1.807, 2.05) is 0 Å². The quantitative estimate of drug-likeness (QED) is 0.0946. The lowest BCUT2D eigenvalue weighted by Crippen LogP contribution is -2.48. The molecule has 0 saturated carbocycles. The summed E-state index contributed by atoms with van der Waals surface area (Å²) in [5, 5.41) is 0. The van der Waals surface area contributed by atoms with E-state index < -0.39 is 17.1 Å². The molecule has 0 bridgehead atoms. The smallest absolute Gasteiger partial charge is 0.338 e. The largest absolute Gasteiger partial charge is 0.394 e. The van der Waals surface area contributed by atoms with E-state index in [1.54, 1.807) is 0 Å². The Morgan fingerprint density at radius 3 is 0.812 bits per heavy atom. The average molecular weight is 491 g/mol. The van der Waals surface area contributed by atoms with Crippen LogP contribution in [0.4, 0.5) is 0 Å². The highest BCUT2D eigenvalue weighted by atomic mass is 28.4. The molecule has 0 unspecified atom stereocenters. The van der Waals surface area contributed by atoms with Crippen LogP contribution in [0, 0.1) is 0 Å². The van der Waals surface area contributed by atoms with E-state index in [0.29, 0.717) is 0 Å². The molecule has 0 atom stereocenters. The van der Waals surface area contributed by atoms with Crippen molar-refractivity contribution in [2.24, 2.45) is 0 Å². The van der Waals surface area contributed by atoms with Crippen LogP contribution in [-0.4, -0.2) is 43.5 Å². The fourth-order valence-electron chi connectivity index (χ4n) is 3.79. The molecular formula is C26H58O4Si2. The summed E-state index contributed by atoms with van der Waals surface area (Å²) in [7, 11) is -4.52. The van der Waals surface area contributed by atoms with Crippen LogP contribution in [-0.2, 0) is 17.7 Å². The van der Waals surface area contributed by atoms with Crippen LogP contribution < -0.4 is 0 Å². The first-order valence-electron chi connectivity index (χ1n) is 14.1. The topological polar surface area (TPSA) is 36.9 Å². The Bertz CT molecular complexity index is 340. The van der Waals surface area contributed by atoms with Crippen molar-refractivity contribution in [3.63, 3.8) is 0 Å². The predicted molar refractivity (Wildman–Crippen MR) is 144 cm³/mol. The van der Waals surface area contributed by atoms with Gasteiger partial charge in [0.25, 0.3) is 0 Å². The molecule has 0 aliphatic heterocycles. The van der Waals surface area contributed by atoms with Gasteiger partial charge in [0.05, 0.1) is 0 Å². The Morgan fingerprint density at radius 1 is 0.344 bits per heavy atom. The number of rotatable bonds is 25. The van der Waals surface area contributed by atoms with Gasteiger partial charge in [-0.2, -0.15) is 0 Å². The lowest BCUT2D eigenvalue weighted by atomic mass is 10.4. The van der Waals surface area contributed by atoms with E-state index in [1.165, 1.54) is 51.4 Å². The van der Waals surface area contributed by atoms with Gasteiger partial charge in [-0.05, 0) is 49.9 Å². The molecule has 0 heterocycles. The van der Waals surface area contributed by atoms with Crippen molar-refractivity contribution in [2.45, 2.75) is 143 Å². The van der Waals surface area contributed by atoms with Gasteiger partial charge < -0.3 is 17.7 Å². The third-order valence-electron chi connectivity index (χ3n) is 6.16.